The quantitative estimate of drug-likeness (QED) is 0.648. The minimum Gasteiger partial charge on any atom is -0.467 e. The van der Waals surface area contributed by atoms with Crippen molar-refractivity contribution in [3.05, 3.63) is 40.4 Å². The third-order valence-electron chi connectivity index (χ3n) is 3.92. The second kappa shape index (κ2) is 4.74. The monoisotopic (exact) mass is 352 g/mol. The molecule has 1 aromatic rings. The van der Waals surface area contributed by atoms with Crippen LogP contribution in [0.1, 0.15) is 30.5 Å². The lowest BCUT2D eigenvalue weighted by atomic mass is 9.90. The molecule has 20 heavy (non-hydrogen) atoms. The lowest BCUT2D eigenvalue weighted by molar-refractivity contribution is -0.0637. The van der Waals surface area contributed by atoms with Gasteiger partial charge in [0.25, 0.3) is 0 Å². The fourth-order valence-corrected chi connectivity index (χ4v) is 4.09. The molecule has 1 fully saturated rings. The highest BCUT2D eigenvalue weighted by Gasteiger charge is 2.47. The van der Waals surface area contributed by atoms with Gasteiger partial charge in [-0.2, -0.15) is 0 Å². The molecule has 1 saturated heterocycles. The Bertz CT molecular complexity index is 604. The lowest BCUT2D eigenvalue weighted by Gasteiger charge is -2.52. The van der Waals surface area contributed by atoms with Crippen molar-refractivity contribution in [3.63, 3.8) is 0 Å². The molecular formula is C15H17BrN2OS. The van der Waals surface area contributed by atoms with Crippen molar-refractivity contribution in [2.75, 3.05) is 6.54 Å². The number of benzene rings is 1. The van der Waals surface area contributed by atoms with Gasteiger partial charge in [0.05, 0.1) is 10.5 Å². The molecule has 2 bridgehead atoms. The molecule has 1 aromatic carbocycles. The van der Waals surface area contributed by atoms with Crippen LogP contribution in [-0.2, 0) is 0 Å². The first-order valence-corrected chi connectivity index (χ1v) is 7.83. The summed E-state index contributed by atoms with van der Waals surface area (Å²) in [5.74, 6) is 0.915. The van der Waals surface area contributed by atoms with Crippen molar-refractivity contribution in [1.82, 2.24) is 10.2 Å². The maximum absolute atomic E-state index is 6.32. The summed E-state index contributed by atoms with van der Waals surface area (Å²) in [7, 11) is 0. The topological polar surface area (TPSA) is 24.5 Å². The Balaban J connectivity index is 2.10. The predicted octanol–water partition coefficient (Wildman–Crippen LogP) is 3.67. The molecule has 2 atom stereocenters. The van der Waals surface area contributed by atoms with Crippen molar-refractivity contribution < 1.29 is 4.74 Å². The summed E-state index contributed by atoms with van der Waals surface area (Å²) < 4.78 is 7.31. The van der Waals surface area contributed by atoms with Crippen molar-refractivity contribution in [3.8, 4) is 5.75 Å². The van der Waals surface area contributed by atoms with Gasteiger partial charge in [-0.1, -0.05) is 12.1 Å². The number of hydrogen-bond donors (Lipinski definition) is 1. The normalized spacial score (nSPS) is 27.4. The van der Waals surface area contributed by atoms with Crippen LogP contribution in [0.15, 0.2) is 29.3 Å². The molecule has 0 saturated carbocycles. The van der Waals surface area contributed by atoms with Gasteiger partial charge in [-0.15, -0.1) is 6.58 Å². The van der Waals surface area contributed by atoms with Crippen LogP contribution in [-0.4, -0.2) is 22.3 Å². The van der Waals surface area contributed by atoms with Gasteiger partial charge in [-0.05, 0) is 53.6 Å². The number of aryl methyl sites for hydroxylation is 1. The molecular weight excluding hydrogens is 336 g/mol. The number of nitrogens with zero attached hydrogens (tertiary/aromatic N) is 1. The smallest absolute Gasteiger partial charge is 0.184 e. The zero-order valence-corrected chi connectivity index (χ0v) is 14.0. The van der Waals surface area contributed by atoms with Gasteiger partial charge in [0, 0.05) is 18.5 Å². The summed E-state index contributed by atoms with van der Waals surface area (Å²) in [6.07, 6.45) is 2.71. The van der Waals surface area contributed by atoms with E-state index in [1.165, 1.54) is 11.1 Å². The summed E-state index contributed by atoms with van der Waals surface area (Å²) in [6.45, 7) is 8.66. The third-order valence-corrected chi connectivity index (χ3v) is 4.85. The van der Waals surface area contributed by atoms with Gasteiger partial charge in [0.1, 0.15) is 5.75 Å². The van der Waals surface area contributed by atoms with Crippen LogP contribution in [0.5, 0.6) is 5.75 Å². The van der Waals surface area contributed by atoms with Crippen molar-refractivity contribution >= 4 is 33.3 Å². The van der Waals surface area contributed by atoms with Gasteiger partial charge in [-0.25, -0.2) is 0 Å². The van der Waals surface area contributed by atoms with E-state index in [1.807, 2.05) is 6.08 Å². The van der Waals surface area contributed by atoms with Gasteiger partial charge in [-0.3, -0.25) is 0 Å². The van der Waals surface area contributed by atoms with E-state index in [1.54, 1.807) is 0 Å². The second-order valence-electron chi connectivity index (χ2n) is 5.55. The first kappa shape index (κ1) is 13.9. The SMILES string of the molecule is C=CCN1C(=S)NC2CC1(C)Oc1c(Br)cc(C)cc12. The number of ether oxygens (including phenoxy) is 1. The molecule has 3 rings (SSSR count). The van der Waals surface area contributed by atoms with E-state index in [2.05, 4.69) is 58.7 Å². The van der Waals surface area contributed by atoms with Gasteiger partial charge in [0.15, 0.2) is 10.8 Å². The fraction of sp³-hybridized carbons (Fsp3) is 0.400. The van der Waals surface area contributed by atoms with Crippen LogP contribution in [0.4, 0.5) is 0 Å². The molecule has 3 nitrogen and oxygen atoms in total. The van der Waals surface area contributed by atoms with Crippen LogP contribution in [0.2, 0.25) is 0 Å². The fourth-order valence-electron chi connectivity index (χ4n) is 3.01. The van der Waals surface area contributed by atoms with Crippen LogP contribution in [0.25, 0.3) is 0 Å². The Labute approximate surface area is 133 Å². The molecule has 2 unspecified atom stereocenters. The first-order chi connectivity index (χ1) is 9.44. The van der Waals surface area contributed by atoms with Crippen molar-refractivity contribution in [1.29, 1.82) is 0 Å². The van der Waals surface area contributed by atoms with Gasteiger partial charge >= 0.3 is 0 Å². The van der Waals surface area contributed by atoms with Crippen LogP contribution in [0.3, 0.4) is 0 Å². The van der Waals surface area contributed by atoms with E-state index in [0.29, 0.717) is 6.54 Å². The highest BCUT2D eigenvalue weighted by atomic mass is 79.9. The lowest BCUT2D eigenvalue weighted by Crippen LogP contribution is -2.64. The van der Waals surface area contributed by atoms with E-state index in [4.69, 9.17) is 17.0 Å². The van der Waals surface area contributed by atoms with Crippen LogP contribution >= 0.6 is 28.1 Å². The standard InChI is InChI=1S/C15H17BrN2OS/c1-4-5-18-14(20)17-12-8-15(18,3)19-13-10(12)6-9(2)7-11(13)16/h4,6-7,12H,1,5,8H2,2-3H3,(H,17,20). The molecule has 0 spiro atoms. The molecule has 5 heteroatoms. The number of halogens is 1. The molecule has 2 aliphatic rings. The average Bonchev–Trinajstić information content (AvgIpc) is 2.36. The maximum Gasteiger partial charge on any atom is 0.184 e. The number of thiocarbonyl (C=S) groups is 1. The Morgan fingerprint density at radius 3 is 3.10 bits per heavy atom. The molecule has 0 radical (unpaired) electrons. The summed E-state index contributed by atoms with van der Waals surface area (Å²) in [5.41, 5.74) is 1.96. The molecule has 1 N–H and O–H groups in total. The molecule has 106 valence electrons. The average molecular weight is 353 g/mol. The minimum absolute atomic E-state index is 0.202. The zero-order chi connectivity index (χ0) is 14.5. The Morgan fingerprint density at radius 1 is 1.65 bits per heavy atom. The predicted molar refractivity (Wildman–Crippen MR) is 87.9 cm³/mol. The number of nitrogens with one attached hydrogen (secondary N) is 1. The summed E-state index contributed by atoms with van der Waals surface area (Å²) in [5, 5.41) is 4.16. The Kier molecular flexibility index (Phi) is 3.29. The highest BCUT2D eigenvalue weighted by Crippen LogP contribution is 2.47. The highest BCUT2D eigenvalue weighted by molar-refractivity contribution is 9.10. The summed E-state index contributed by atoms with van der Waals surface area (Å²) in [6, 6.07) is 4.45. The van der Waals surface area contributed by atoms with Gasteiger partial charge < -0.3 is 15.0 Å². The van der Waals surface area contributed by atoms with Crippen molar-refractivity contribution in [2.45, 2.75) is 32.0 Å². The zero-order valence-electron chi connectivity index (χ0n) is 11.6. The van der Waals surface area contributed by atoms with Crippen molar-refractivity contribution in [2.24, 2.45) is 0 Å². The Hall–Kier alpha value is -1.07. The summed E-state index contributed by atoms with van der Waals surface area (Å²) in [4.78, 5) is 2.06. The van der Waals surface area contributed by atoms with Crippen LogP contribution < -0.4 is 10.1 Å². The molecule has 2 aliphatic heterocycles. The summed E-state index contributed by atoms with van der Waals surface area (Å²) >= 11 is 9.10. The minimum atomic E-state index is -0.425. The van der Waals surface area contributed by atoms with E-state index in [-0.39, 0.29) is 6.04 Å². The first-order valence-electron chi connectivity index (χ1n) is 6.63. The number of hydrogen-bond acceptors (Lipinski definition) is 2. The number of rotatable bonds is 2. The number of fused-ring (bicyclic) bond motifs is 4. The largest absolute Gasteiger partial charge is 0.467 e. The maximum atomic E-state index is 6.32. The van der Waals surface area contributed by atoms with Gasteiger partial charge in [0.2, 0.25) is 0 Å². The second-order valence-corrected chi connectivity index (χ2v) is 6.79. The molecule has 2 heterocycles. The van der Waals surface area contributed by atoms with E-state index in [9.17, 15) is 0 Å². The molecule has 0 aliphatic carbocycles. The third kappa shape index (κ3) is 2.04. The van der Waals surface area contributed by atoms with E-state index >= 15 is 0 Å². The van der Waals surface area contributed by atoms with Crippen LogP contribution in [0, 0.1) is 6.92 Å². The molecule has 0 amide bonds. The van der Waals surface area contributed by atoms with E-state index in [0.717, 1.165) is 21.8 Å². The van der Waals surface area contributed by atoms with E-state index < -0.39 is 5.72 Å². The Morgan fingerprint density at radius 2 is 2.40 bits per heavy atom. The molecule has 0 aromatic heterocycles.